The van der Waals surface area contributed by atoms with Crippen LogP contribution in [0.2, 0.25) is 0 Å². The number of carboxylic acids is 1. The van der Waals surface area contributed by atoms with Crippen LogP contribution < -0.4 is 10.6 Å². The number of allylic oxidation sites excluding steroid dienone is 1. The Bertz CT molecular complexity index is 721. The maximum atomic E-state index is 11.3. The number of carbonyl (C=O) groups is 3. The van der Waals surface area contributed by atoms with Crippen molar-refractivity contribution in [3.05, 3.63) is 67.3 Å². The molecule has 0 aliphatic heterocycles. The van der Waals surface area contributed by atoms with Gasteiger partial charge in [-0.1, -0.05) is 30.3 Å². The summed E-state index contributed by atoms with van der Waals surface area (Å²) in [5.41, 5.74) is 1.23. The zero-order valence-corrected chi connectivity index (χ0v) is 16.8. The molecule has 1 aromatic carbocycles. The maximum absolute atomic E-state index is 11.3. The van der Waals surface area contributed by atoms with Gasteiger partial charge in [0.1, 0.15) is 0 Å². The van der Waals surface area contributed by atoms with Gasteiger partial charge in [-0.25, -0.2) is 4.79 Å². The van der Waals surface area contributed by atoms with Crippen molar-refractivity contribution >= 4 is 23.0 Å². The maximum Gasteiger partial charge on any atom is 0.375 e. The number of ether oxygens (including phenoxy) is 1. The molecule has 0 aliphatic rings. The summed E-state index contributed by atoms with van der Waals surface area (Å²) in [5, 5.41) is 21.9. The number of rotatable bonds is 9. The van der Waals surface area contributed by atoms with Crippen LogP contribution in [0, 0.1) is 13.7 Å². The first kappa shape index (κ1) is 26.2. The number of aliphatic carboxylic acids is 1. The Morgan fingerprint density at radius 1 is 1.28 bits per heavy atom. The molecule has 8 nitrogen and oxygen atoms in total. The molecule has 0 aromatic heterocycles. The van der Waals surface area contributed by atoms with Gasteiger partial charge in [0.2, 0.25) is 0 Å². The van der Waals surface area contributed by atoms with Gasteiger partial charge in [-0.3, -0.25) is 0 Å². The Morgan fingerprint density at radius 2 is 1.90 bits per heavy atom. The van der Waals surface area contributed by atoms with Crippen molar-refractivity contribution in [2.75, 3.05) is 6.61 Å². The quantitative estimate of drug-likeness (QED) is 0.194. The molecule has 0 fully saturated rings. The second kappa shape index (κ2) is 15.2. The van der Waals surface area contributed by atoms with E-state index in [1.807, 2.05) is 37.3 Å². The first-order chi connectivity index (χ1) is 13.8. The van der Waals surface area contributed by atoms with Crippen LogP contribution >= 0.6 is 0 Å². The van der Waals surface area contributed by atoms with E-state index >= 15 is 0 Å². The summed E-state index contributed by atoms with van der Waals surface area (Å²) in [4.78, 5) is 33.8. The first-order valence-corrected chi connectivity index (χ1v) is 8.92. The van der Waals surface area contributed by atoms with Gasteiger partial charge in [-0.05, 0) is 18.9 Å². The molecule has 1 aromatic rings. The molecule has 9 heteroatoms. The molecule has 0 heterocycles. The molecule has 1 rings (SSSR count). The van der Waals surface area contributed by atoms with Crippen LogP contribution in [-0.2, 0) is 35.8 Å². The van der Waals surface area contributed by atoms with Crippen LogP contribution in [0.4, 0.5) is 4.79 Å². The molecule has 2 atom stereocenters. The normalized spacial score (nSPS) is 12.4. The Balaban J connectivity index is 0.000000541. The van der Waals surface area contributed by atoms with Crippen molar-refractivity contribution in [1.29, 1.82) is 0 Å². The van der Waals surface area contributed by atoms with E-state index in [-0.39, 0.29) is 11.6 Å². The molecule has 0 spiro atoms. The number of carbonyl (C=O) groups excluding carboxylic acids is 2. The summed E-state index contributed by atoms with van der Waals surface area (Å²) in [6, 6.07) is 8.65. The average molecular weight is 447 g/mol. The monoisotopic (exact) mass is 446 g/mol. The molecule has 162 valence electrons. The third-order valence-electron chi connectivity index (χ3n) is 3.34. The summed E-state index contributed by atoms with van der Waals surface area (Å²) in [5.74, 6) is -2.03. The summed E-state index contributed by atoms with van der Waals surface area (Å²) in [6.45, 7) is 6.35. The number of nitrogens with one attached hydrogen (secondary N) is 2. The third kappa shape index (κ3) is 11.6. The Morgan fingerprint density at radius 3 is 2.34 bits per heavy atom. The Labute approximate surface area is 177 Å². The Kier molecular flexibility index (Phi) is 13.7. The minimum Gasteiger partial charge on any atom is -0.624 e. The van der Waals surface area contributed by atoms with E-state index in [4.69, 9.17) is 16.8 Å². The van der Waals surface area contributed by atoms with Crippen LogP contribution in [0.5, 0.6) is 0 Å². The van der Waals surface area contributed by atoms with Crippen molar-refractivity contribution < 1.29 is 44.4 Å². The van der Waals surface area contributed by atoms with Crippen molar-refractivity contribution in [3.63, 3.8) is 0 Å². The minimum atomic E-state index is -1.35. The topological polar surface area (TPSA) is 125 Å². The van der Waals surface area contributed by atoms with Gasteiger partial charge in [0.05, 0.1) is 0 Å². The van der Waals surface area contributed by atoms with E-state index in [0.717, 1.165) is 12.5 Å². The number of hydrogen-bond acceptors (Lipinski definition) is 5. The van der Waals surface area contributed by atoms with E-state index in [9.17, 15) is 14.4 Å². The van der Waals surface area contributed by atoms with Crippen LogP contribution in [0.15, 0.2) is 48.1 Å². The van der Waals surface area contributed by atoms with Gasteiger partial charge < -0.3 is 10.1 Å². The van der Waals surface area contributed by atoms with Crippen molar-refractivity contribution in [2.24, 2.45) is 0 Å². The number of hydrogen-bond donors (Lipinski definition) is 4. The predicted molar refractivity (Wildman–Crippen MR) is 104 cm³/mol. The van der Waals surface area contributed by atoms with Crippen LogP contribution in [0.25, 0.3) is 0 Å². The van der Waals surface area contributed by atoms with Crippen LogP contribution in [-0.4, -0.2) is 51.9 Å². The number of aliphatic hydroxyl groups is 1. The number of alkyl carbamates (subject to hydrolysis) is 1. The van der Waals surface area contributed by atoms with E-state index < -0.39 is 30.6 Å². The number of benzene rings is 1. The molecule has 0 saturated heterocycles. The van der Waals surface area contributed by atoms with E-state index in [1.54, 1.807) is 0 Å². The van der Waals surface area contributed by atoms with Crippen molar-refractivity contribution in [3.8, 4) is 0 Å². The number of amides is 2. The van der Waals surface area contributed by atoms with Crippen LogP contribution in [0.1, 0.15) is 12.5 Å². The van der Waals surface area contributed by atoms with E-state index in [1.165, 1.54) is 16.6 Å². The third-order valence-corrected chi connectivity index (χ3v) is 3.50. The van der Waals surface area contributed by atoms with Crippen molar-refractivity contribution in [1.82, 2.24) is 10.6 Å². The summed E-state index contributed by atoms with van der Waals surface area (Å²) in [7, 11) is 3.03. The molecule has 2 amide bonds. The first-order valence-electron chi connectivity index (χ1n) is 8.35. The van der Waals surface area contributed by atoms with E-state index in [2.05, 4.69) is 37.5 Å². The summed E-state index contributed by atoms with van der Waals surface area (Å²) < 4.78 is 4.26. The molecule has 0 saturated carbocycles. The van der Waals surface area contributed by atoms with Crippen LogP contribution in [0.3, 0.4) is 0 Å². The van der Waals surface area contributed by atoms with Gasteiger partial charge in [0, 0.05) is 6.04 Å². The zero-order valence-electron chi connectivity index (χ0n) is 15.8. The summed E-state index contributed by atoms with van der Waals surface area (Å²) in [6.07, 6.45) is 2.57. The van der Waals surface area contributed by atoms with Gasteiger partial charge in [-0.2, -0.15) is 7.11 Å². The number of carboxylic acid groups (broad SMARTS) is 1. The molecular weight excluding hydrogens is 423 g/mol. The molecule has 29 heavy (non-hydrogen) atoms. The minimum absolute atomic E-state index is 0.0425. The fraction of sp³-hybridized carbons (Fsp3) is 0.250. The molecular formula is C20H24N2NiO6-2. The largest absolute Gasteiger partial charge is 0.624 e. The fourth-order valence-corrected chi connectivity index (χ4v) is 2.13. The van der Waals surface area contributed by atoms with Gasteiger partial charge in [-0.15, -0.1) is 0 Å². The molecule has 4 N–H and O–H groups in total. The molecule has 0 bridgehead atoms. The molecule has 0 unspecified atom stereocenters. The smallest absolute Gasteiger partial charge is 0.375 e. The van der Waals surface area contributed by atoms with Gasteiger partial charge >= 0.3 is 100 Å². The van der Waals surface area contributed by atoms with E-state index in [0.29, 0.717) is 0 Å². The molecule has 0 aliphatic carbocycles. The van der Waals surface area contributed by atoms with Gasteiger partial charge in [0.15, 0.2) is 0 Å². The standard InChI is InChI=1S/C11H14NO2.C9H10NO4.Ni/c1-9(12-11(13)14-2)8-10-6-4-3-5-7-10;1-3-6(4-2)8(12)10-7(5-11)9(13)14;/h3-7,9H,2,8H2,1H3,(H,12,13);1-4,7,11H,5H2,(H,10,12)(H,13,14);/q2*-1;/b;6-3+;/t9-;7-;/m00./s1. The fourth-order valence-electron chi connectivity index (χ4n) is 1.95. The SMILES string of the molecule is [CH-]=C/C(=C\[CH]=[Ni])C(=O)N[C@@H](CO)C(=O)O.[CH2-]OC(=O)N[C@@H](C)Cc1ccccc1. The predicted octanol–water partition coefficient (Wildman–Crippen LogP) is 0.948. The van der Waals surface area contributed by atoms with Gasteiger partial charge in [0.25, 0.3) is 0 Å². The van der Waals surface area contributed by atoms with Crippen molar-refractivity contribution in [2.45, 2.75) is 25.4 Å². The zero-order chi connectivity index (χ0) is 22.2. The average Bonchev–Trinajstić information content (AvgIpc) is 2.70. The number of aliphatic hydroxyl groups excluding tert-OH is 1. The molecule has 0 radical (unpaired) electrons. The summed E-state index contributed by atoms with van der Waals surface area (Å²) >= 11 is 4.21. The Hall–Kier alpha value is -2.77. The second-order valence-corrected chi connectivity index (χ2v) is 5.94. The second-order valence-electron chi connectivity index (χ2n) is 5.61.